The number of esters is 1. The van der Waals surface area contributed by atoms with Crippen LogP contribution >= 0.6 is 22.7 Å². The molecule has 0 aliphatic heterocycles. The van der Waals surface area contributed by atoms with Gasteiger partial charge in [-0.05, 0) is 25.3 Å². The van der Waals surface area contributed by atoms with Crippen LogP contribution in [0.15, 0.2) is 21.9 Å². The van der Waals surface area contributed by atoms with Crippen LogP contribution in [-0.2, 0) is 16.0 Å². The van der Waals surface area contributed by atoms with E-state index < -0.39 is 5.97 Å². The molecule has 0 saturated heterocycles. The minimum Gasteiger partial charge on any atom is -0.465 e. The third kappa shape index (κ3) is 3.77. The van der Waals surface area contributed by atoms with E-state index in [1.165, 1.54) is 18.4 Å². The average Bonchev–Trinajstić information content (AvgIpc) is 3.28. The molecule has 0 saturated carbocycles. The molecule has 0 fully saturated rings. The Morgan fingerprint density at radius 1 is 1.32 bits per heavy atom. The maximum absolute atomic E-state index is 12.3. The highest BCUT2D eigenvalue weighted by atomic mass is 32.1. The molecular weight excluding hydrogens is 362 g/mol. The zero-order valence-electron chi connectivity index (χ0n) is 13.8. The summed E-state index contributed by atoms with van der Waals surface area (Å²) in [5.41, 5.74) is 1.09. The molecule has 0 atom stereocenters. The van der Waals surface area contributed by atoms with Gasteiger partial charge in [0.1, 0.15) is 10.6 Å². The largest absolute Gasteiger partial charge is 0.465 e. The predicted molar refractivity (Wildman–Crippen MR) is 95.1 cm³/mol. The third-order valence-electron chi connectivity index (χ3n) is 3.37. The molecule has 25 heavy (non-hydrogen) atoms. The zero-order chi connectivity index (χ0) is 18.0. The number of methoxy groups -OCH3 is 1. The molecule has 3 rings (SSSR count). The highest BCUT2D eigenvalue weighted by Gasteiger charge is 2.19. The molecular formula is C16H15N3O4S2. The van der Waals surface area contributed by atoms with Crippen LogP contribution in [0, 0.1) is 13.8 Å². The number of aromatic nitrogens is 2. The number of carbonyl (C=O) groups is 2. The van der Waals surface area contributed by atoms with E-state index in [2.05, 4.69) is 20.0 Å². The number of thiophene rings is 1. The van der Waals surface area contributed by atoms with Gasteiger partial charge in [0.05, 0.1) is 29.8 Å². The van der Waals surface area contributed by atoms with E-state index >= 15 is 0 Å². The fourth-order valence-corrected chi connectivity index (χ4v) is 3.70. The van der Waals surface area contributed by atoms with Crippen molar-refractivity contribution >= 4 is 39.7 Å². The van der Waals surface area contributed by atoms with Crippen molar-refractivity contribution in [1.82, 2.24) is 9.97 Å². The summed E-state index contributed by atoms with van der Waals surface area (Å²) in [5.74, 6) is 0.361. The Morgan fingerprint density at radius 3 is 2.80 bits per heavy atom. The molecule has 3 aromatic rings. The van der Waals surface area contributed by atoms with Crippen molar-refractivity contribution in [3.05, 3.63) is 39.5 Å². The van der Waals surface area contributed by atoms with Crippen LogP contribution in [0.1, 0.15) is 26.8 Å². The maximum Gasteiger partial charge on any atom is 0.350 e. The number of hydrogen-bond acceptors (Lipinski definition) is 8. The molecule has 0 aliphatic rings. The Morgan fingerprint density at radius 2 is 2.12 bits per heavy atom. The van der Waals surface area contributed by atoms with Crippen molar-refractivity contribution in [3.8, 4) is 10.8 Å². The van der Waals surface area contributed by atoms with Gasteiger partial charge in [0.15, 0.2) is 5.13 Å². The first-order valence-corrected chi connectivity index (χ1v) is 9.03. The summed E-state index contributed by atoms with van der Waals surface area (Å²) < 4.78 is 10.3. The standard InChI is InChI=1S/C16H15N3O4S2/c1-8-13(15(21)22-3)25-16(17-8)19-12(20)7-10-9(2)23-14(18-10)11-5-4-6-24-11/h4-6H,7H2,1-3H3,(H,17,19,20). The molecule has 3 heterocycles. The van der Waals surface area contributed by atoms with Crippen LogP contribution in [0.5, 0.6) is 0 Å². The third-order valence-corrected chi connectivity index (χ3v) is 5.28. The van der Waals surface area contributed by atoms with Crippen molar-refractivity contribution in [3.63, 3.8) is 0 Å². The fraction of sp³-hybridized carbons (Fsp3) is 0.250. The topological polar surface area (TPSA) is 94.3 Å². The molecule has 0 aliphatic carbocycles. The number of rotatable bonds is 5. The summed E-state index contributed by atoms with van der Waals surface area (Å²) in [7, 11) is 1.30. The first kappa shape index (κ1) is 17.3. The van der Waals surface area contributed by atoms with Gasteiger partial charge in [-0.25, -0.2) is 14.8 Å². The van der Waals surface area contributed by atoms with Gasteiger partial charge in [-0.3, -0.25) is 4.79 Å². The Labute approximate surface area is 151 Å². The number of nitrogens with one attached hydrogen (secondary N) is 1. The van der Waals surface area contributed by atoms with Gasteiger partial charge >= 0.3 is 5.97 Å². The number of oxazole rings is 1. The van der Waals surface area contributed by atoms with Crippen LogP contribution < -0.4 is 5.32 Å². The minimum atomic E-state index is -0.469. The SMILES string of the molecule is COC(=O)c1sc(NC(=O)Cc2nc(-c3cccs3)oc2C)nc1C. The first-order chi connectivity index (χ1) is 12.0. The molecule has 0 radical (unpaired) electrons. The summed E-state index contributed by atoms with van der Waals surface area (Å²) in [5, 5.41) is 4.97. The molecule has 0 aromatic carbocycles. The number of amides is 1. The number of ether oxygens (including phenoxy) is 1. The molecule has 130 valence electrons. The van der Waals surface area contributed by atoms with Crippen LogP contribution in [-0.4, -0.2) is 29.0 Å². The molecule has 7 nitrogen and oxygen atoms in total. The van der Waals surface area contributed by atoms with Gasteiger partial charge in [-0.15, -0.1) is 11.3 Å². The molecule has 9 heteroatoms. The Bertz CT molecular complexity index is 912. The summed E-state index contributed by atoms with van der Waals surface area (Å²) >= 11 is 2.60. The molecule has 0 bridgehead atoms. The Kier molecular flexibility index (Phi) is 4.95. The Hall–Kier alpha value is -2.52. The highest BCUT2D eigenvalue weighted by Crippen LogP contribution is 2.27. The highest BCUT2D eigenvalue weighted by molar-refractivity contribution is 7.17. The zero-order valence-corrected chi connectivity index (χ0v) is 15.4. The lowest BCUT2D eigenvalue weighted by molar-refractivity contribution is -0.115. The van der Waals surface area contributed by atoms with Gasteiger partial charge in [-0.2, -0.15) is 0 Å². The monoisotopic (exact) mass is 377 g/mol. The summed E-state index contributed by atoms with van der Waals surface area (Å²) in [4.78, 5) is 33.7. The van der Waals surface area contributed by atoms with Gasteiger partial charge < -0.3 is 14.5 Å². The number of anilines is 1. The quantitative estimate of drug-likeness (QED) is 0.685. The van der Waals surface area contributed by atoms with Crippen molar-refractivity contribution in [1.29, 1.82) is 0 Å². The van der Waals surface area contributed by atoms with Crippen LogP contribution in [0.2, 0.25) is 0 Å². The Balaban J connectivity index is 1.70. The first-order valence-electron chi connectivity index (χ1n) is 7.33. The summed E-state index contributed by atoms with van der Waals surface area (Å²) in [6.07, 6.45) is 0.0624. The number of thiazole rings is 1. The van der Waals surface area contributed by atoms with Crippen LogP contribution in [0.4, 0.5) is 5.13 Å². The molecule has 3 aromatic heterocycles. The lowest BCUT2D eigenvalue weighted by Crippen LogP contribution is -2.15. The van der Waals surface area contributed by atoms with Crippen molar-refractivity contribution in [2.24, 2.45) is 0 Å². The number of nitrogens with zero attached hydrogens (tertiary/aromatic N) is 2. The van der Waals surface area contributed by atoms with Crippen LogP contribution in [0.3, 0.4) is 0 Å². The van der Waals surface area contributed by atoms with Gasteiger partial charge in [-0.1, -0.05) is 17.4 Å². The normalized spacial score (nSPS) is 10.7. The second-order valence-corrected chi connectivity index (χ2v) is 7.10. The minimum absolute atomic E-state index is 0.0624. The van der Waals surface area contributed by atoms with Crippen molar-refractivity contribution < 1.29 is 18.7 Å². The molecule has 1 N–H and O–H groups in total. The summed E-state index contributed by atoms with van der Waals surface area (Å²) in [6.45, 7) is 3.46. The van der Waals surface area contributed by atoms with E-state index in [0.717, 1.165) is 16.2 Å². The van der Waals surface area contributed by atoms with E-state index in [-0.39, 0.29) is 12.3 Å². The van der Waals surface area contributed by atoms with Gasteiger partial charge in [0, 0.05) is 0 Å². The van der Waals surface area contributed by atoms with E-state index in [9.17, 15) is 9.59 Å². The van der Waals surface area contributed by atoms with E-state index in [1.54, 1.807) is 13.8 Å². The van der Waals surface area contributed by atoms with Gasteiger partial charge in [0.25, 0.3) is 0 Å². The lowest BCUT2D eigenvalue weighted by Gasteiger charge is -1.99. The van der Waals surface area contributed by atoms with Gasteiger partial charge in [0.2, 0.25) is 11.8 Å². The predicted octanol–water partition coefficient (Wildman–Crippen LogP) is 3.44. The maximum atomic E-state index is 12.3. The number of aryl methyl sites for hydroxylation is 2. The summed E-state index contributed by atoms with van der Waals surface area (Å²) in [6, 6.07) is 3.82. The van der Waals surface area contributed by atoms with E-state index in [1.807, 2.05) is 17.5 Å². The second kappa shape index (κ2) is 7.16. The van der Waals surface area contributed by atoms with Crippen LogP contribution in [0.25, 0.3) is 10.8 Å². The molecule has 1 amide bonds. The smallest absolute Gasteiger partial charge is 0.350 e. The lowest BCUT2D eigenvalue weighted by atomic mass is 10.2. The van der Waals surface area contributed by atoms with E-state index in [0.29, 0.717) is 33.0 Å². The van der Waals surface area contributed by atoms with Crippen molar-refractivity contribution in [2.45, 2.75) is 20.3 Å². The average molecular weight is 377 g/mol. The number of hydrogen-bond donors (Lipinski definition) is 1. The van der Waals surface area contributed by atoms with E-state index in [4.69, 9.17) is 4.42 Å². The second-order valence-electron chi connectivity index (χ2n) is 5.15. The molecule has 0 unspecified atom stereocenters. The van der Waals surface area contributed by atoms with Crippen molar-refractivity contribution in [2.75, 3.05) is 12.4 Å². The number of carbonyl (C=O) groups excluding carboxylic acids is 2. The fourth-order valence-electron chi connectivity index (χ4n) is 2.15. The molecule has 0 spiro atoms.